The number of aryl methyl sites for hydroxylation is 1. The molecule has 0 saturated carbocycles. The van der Waals surface area contributed by atoms with E-state index < -0.39 is 0 Å². The van der Waals surface area contributed by atoms with E-state index in [1.807, 2.05) is 37.6 Å². The Labute approximate surface area is 111 Å². The highest BCUT2D eigenvalue weighted by Crippen LogP contribution is 2.17. The van der Waals surface area contributed by atoms with Crippen molar-refractivity contribution in [3.8, 4) is 0 Å². The van der Waals surface area contributed by atoms with Gasteiger partial charge in [0.25, 0.3) is 5.91 Å². The quantitative estimate of drug-likeness (QED) is 0.766. The molecule has 94 valence electrons. The van der Waals surface area contributed by atoms with E-state index in [2.05, 4.69) is 22.5 Å². The molecule has 1 aromatic rings. The van der Waals surface area contributed by atoms with Gasteiger partial charge in [0, 0.05) is 29.8 Å². The van der Waals surface area contributed by atoms with E-state index in [0.29, 0.717) is 6.54 Å². The zero-order chi connectivity index (χ0) is 13.0. The van der Waals surface area contributed by atoms with Crippen molar-refractivity contribution in [3.05, 3.63) is 35.1 Å². The summed E-state index contributed by atoms with van der Waals surface area (Å²) in [4.78, 5) is 14.2. The molecule has 0 N–H and O–H groups in total. The van der Waals surface area contributed by atoms with Gasteiger partial charge in [-0.1, -0.05) is 6.08 Å². The van der Waals surface area contributed by atoms with E-state index in [4.69, 9.17) is 0 Å². The van der Waals surface area contributed by atoms with Gasteiger partial charge in [0.1, 0.15) is 5.69 Å². The summed E-state index contributed by atoms with van der Waals surface area (Å²) < 4.78 is 2.88. The van der Waals surface area contributed by atoms with Gasteiger partial charge in [-0.3, -0.25) is 4.79 Å². The van der Waals surface area contributed by atoms with Crippen LogP contribution in [0.4, 0.5) is 0 Å². The standard InChI is InChI=1S/C13H19BrN2O/c1-5-7-16(10(3)4)13(17)12-8-11(14)9-15(12)6-2/h5,8-10H,1,6-7H2,2-4H3. The number of hydrogen-bond donors (Lipinski definition) is 0. The lowest BCUT2D eigenvalue weighted by Gasteiger charge is -2.25. The fourth-order valence-electron chi connectivity index (χ4n) is 1.73. The van der Waals surface area contributed by atoms with E-state index >= 15 is 0 Å². The number of nitrogens with zero attached hydrogens (tertiary/aromatic N) is 2. The summed E-state index contributed by atoms with van der Waals surface area (Å²) in [7, 11) is 0. The Morgan fingerprint density at radius 2 is 2.29 bits per heavy atom. The van der Waals surface area contributed by atoms with Gasteiger partial charge in [0.2, 0.25) is 0 Å². The maximum Gasteiger partial charge on any atom is 0.271 e. The minimum absolute atomic E-state index is 0.0486. The topological polar surface area (TPSA) is 25.2 Å². The van der Waals surface area contributed by atoms with E-state index in [9.17, 15) is 4.79 Å². The SMILES string of the molecule is C=CCN(C(=O)c1cc(Br)cn1CC)C(C)C. The first-order valence-corrected chi connectivity index (χ1v) is 6.58. The summed E-state index contributed by atoms with van der Waals surface area (Å²) in [5, 5.41) is 0. The molecule has 4 heteroatoms. The van der Waals surface area contributed by atoms with Crippen molar-refractivity contribution in [3.63, 3.8) is 0 Å². The van der Waals surface area contributed by atoms with Crippen molar-refractivity contribution in [2.24, 2.45) is 0 Å². The van der Waals surface area contributed by atoms with E-state index in [0.717, 1.165) is 16.7 Å². The Balaban J connectivity index is 3.04. The van der Waals surface area contributed by atoms with Crippen LogP contribution in [0.15, 0.2) is 29.4 Å². The highest BCUT2D eigenvalue weighted by Gasteiger charge is 2.20. The Morgan fingerprint density at radius 3 is 2.76 bits per heavy atom. The number of halogens is 1. The van der Waals surface area contributed by atoms with Gasteiger partial charge in [-0.2, -0.15) is 0 Å². The number of aromatic nitrogens is 1. The summed E-state index contributed by atoms with van der Waals surface area (Å²) in [6.45, 7) is 11.1. The average molecular weight is 299 g/mol. The van der Waals surface area contributed by atoms with Gasteiger partial charge in [-0.05, 0) is 42.8 Å². The summed E-state index contributed by atoms with van der Waals surface area (Å²) in [6, 6.07) is 2.03. The molecule has 0 bridgehead atoms. The molecule has 0 saturated heterocycles. The van der Waals surface area contributed by atoms with Crippen molar-refractivity contribution in [1.82, 2.24) is 9.47 Å². The monoisotopic (exact) mass is 298 g/mol. The minimum atomic E-state index is 0.0486. The lowest BCUT2D eigenvalue weighted by molar-refractivity contribution is 0.0718. The third-order valence-corrected chi connectivity index (χ3v) is 3.07. The van der Waals surface area contributed by atoms with Crippen molar-refractivity contribution in [2.45, 2.75) is 33.4 Å². The van der Waals surface area contributed by atoms with Crippen LogP contribution >= 0.6 is 15.9 Å². The fraction of sp³-hybridized carbons (Fsp3) is 0.462. The number of hydrogen-bond acceptors (Lipinski definition) is 1. The smallest absolute Gasteiger partial charge is 0.271 e. The molecule has 0 aliphatic heterocycles. The van der Waals surface area contributed by atoms with Crippen LogP contribution in [0.5, 0.6) is 0 Å². The number of carbonyl (C=O) groups excluding carboxylic acids is 1. The summed E-state index contributed by atoms with van der Waals surface area (Å²) in [6.07, 6.45) is 3.69. The lowest BCUT2D eigenvalue weighted by Crippen LogP contribution is -2.38. The Morgan fingerprint density at radius 1 is 1.65 bits per heavy atom. The predicted octanol–water partition coefficient (Wildman–Crippen LogP) is 3.31. The first-order chi connectivity index (χ1) is 8.01. The van der Waals surface area contributed by atoms with Crippen LogP contribution in [0.25, 0.3) is 0 Å². The normalized spacial score (nSPS) is 10.6. The van der Waals surface area contributed by atoms with Gasteiger partial charge < -0.3 is 9.47 Å². The van der Waals surface area contributed by atoms with Gasteiger partial charge in [0.15, 0.2) is 0 Å². The second kappa shape index (κ2) is 6.05. The molecule has 1 amide bonds. The zero-order valence-electron chi connectivity index (χ0n) is 10.6. The molecule has 0 aliphatic rings. The molecule has 0 aromatic carbocycles. The van der Waals surface area contributed by atoms with Crippen molar-refractivity contribution in [1.29, 1.82) is 0 Å². The lowest BCUT2D eigenvalue weighted by atomic mass is 10.2. The van der Waals surface area contributed by atoms with Gasteiger partial charge in [-0.15, -0.1) is 6.58 Å². The maximum absolute atomic E-state index is 12.4. The third-order valence-electron chi connectivity index (χ3n) is 2.63. The first kappa shape index (κ1) is 14.0. The molecule has 1 rings (SSSR count). The predicted molar refractivity (Wildman–Crippen MR) is 74.2 cm³/mol. The molecule has 3 nitrogen and oxygen atoms in total. The largest absolute Gasteiger partial charge is 0.343 e. The van der Waals surface area contributed by atoms with Gasteiger partial charge >= 0.3 is 0 Å². The Bertz CT molecular complexity index is 410. The molecule has 0 radical (unpaired) electrons. The van der Waals surface area contributed by atoms with Gasteiger partial charge in [-0.25, -0.2) is 0 Å². The Hall–Kier alpha value is -1.03. The van der Waals surface area contributed by atoms with Crippen LogP contribution in [0, 0.1) is 0 Å². The van der Waals surface area contributed by atoms with Crippen LogP contribution in [-0.4, -0.2) is 28.0 Å². The minimum Gasteiger partial charge on any atom is -0.343 e. The molecule has 0 spiro atoms. The molecular formula is C13H19BrN2O. The summed E-state index contributed by atoms with van der Waals surface area (Å²) >= 11 is 3.41. The molecule has 0 aliphatic carbocycles. The average Bonchev–Trinajstić information content (AvgIpc) is 2.66. The van der Waals surface area contributed by atoms with Crippen molar-refractivity contribution < 1.29 is 4.79 Å². The molecule has 17 heavy (non-hydrogen) atoms. The zero-order valence-corrected chi connectivity index (χ0v) is 12.2. The third kappa shape index (κ3) is 3.22. The highest BCUT2D eigenvalue weighted by molar-refractivity contribution is 9.10. The fourth-order valence-corrected chi connectivity index (χ4v) is 2.19. The molecule has 0 unspecified atom stereocenters. The maximum atomic E-state index is 12.4. The molecule has 0 fully saturated rings. The van der Waals surface area contributed by atoms with Crippen molar-refractivity contribution in [2.75, 3.05) is 6.54 Å². The first-order valence-electron chi connectivity index (χ1n) is 5.78. The van der Waals surface area contributed by atoms with Crippen LogP contribution in [0.2, 0.25) is 0 Å². The van der Waals surface area contributed by atoms with Crippen LogP contribution in [-0.2, 0) is 6.54 Å². The van der Waals surface area contributed by atoms with Crippen molar-refractivity contribution >= 4 is 21.8 Å². The van der Waals surface area contributed by atoms with Crippen LogP contribution < -0.4 is 0 Å². The number of carbonyl (C=O) groups is 1. The second-order valence-corrected chi connectivity index (χ2v) is 5.09. The van der Waals surface area contributed by atoms with E-state index in [1.54, 1.807) is 11.0 Å². The number of amides is 1. The van der Waals surface area contributed by atoms with Crippen LogP contribution in [0.3, 0.4) is 0 Å². The molecule has 1 aromatic heterocycles. The highest BCUT2D eigenvalue weighted by atomic mass is 79.9. The molecule has 0 atom stereocenters. The van der Waals surface area contributed by atoms with E-state index in [-0.39, 0.29) is 11.9 Å². The molecular weight excluding hydrogens is 280 g/mol. The second-order valence-electron chi connectivity index (χ2n) is 4.17. The van der Waals surface area contributed by atoms with E-state index in [1.165, 1.54) is 0 Å². The number of rotatable bonds is 5. The van der Waals surface area contributed by atoms with Crippen LogP contribution in [0.1, 0.15) is 31.3 Å². The van der Waals surface area contributed by atoms with Gasteiger partial charge in [0.05, 0.1) is 0 Å². The molecule has 1 heterocycles. The summed E-state index contributed by atoms with van der Waals surface area (Å²) in [5.74, 6) is 0.0486. The Kier molecular flexibility index (Phi) is 5.00. The summed E-state index contributed by atoms with van der Waals surface area (Å²) in [5.41, 5.74) is 0.718.